The molecule has 2 heteroatoms. The number of benzene rings is 1. The number of rotatable bonds is 2. The van der Waals surface area contributed by atoms with Gasteiger partial charge in [0.2, 0.25) is 0 Å². The van der Waals surface area contributed by atoms with E-state index in [1.54, 1.807) is 0 Å². The van der Waals surface area contributed by atoms with Crippen LogP contribution in [0.3, 0.4) is 0 Å². The lowest BCUT2D eigenvalue weighted by molar-refractivity contribution is 0.737. The monoisotopic (exact) mass is 190 g/mol. The Morgan fingerprint density at radius 3 is 3.00 bits per heavy atom. The Bertz CT molecular complexity index is 331. The van der Waals surface area contributed by atoms with E-state index in [0.717, 1.165) is 13.0 Å². The lowest BCUT2D eigenvalue weighted by atomic mass is 10.0. The van der Waals surface area contributed by atoms with Crippen LogP contribution >= 0.6 is 0 Å². The van der Waals surface area contributed by atoms with Gasteiger partial charge in [-0.3, -0.25) is 0 Å². The van der Waals surface area contributed by atoms with Crippen LogP contribution in [0.4, 0.5) is 5.69 Å². The molecule has 0 aliphatic carbocycles. The number of likely N-dealkylation sites (N-methyl/N-ethyl adjacent to an activating group) is 1. The second-order valence-electron chi connectivity index (χ2n) is 4.32. The summed E-state index contributed by atoms with van der Waals surface area (Å²) >= 11 is 0. The molecule has 0 spiro atoms. The van der Waals surface area contributed by atoms with Crippen molar-refractivity contribution in [1.82, 2.24) is 0 Å². The van der Waals surface area contributed by atoms with Gasteiger partial charge in [-0.2, -0.15) is 0 Å². The molecule has 0 amide bonds. The summed E-state index contributed by atoms with van der Waals surface area (Å²) in [5.74, 6) is 0. The molecule has 1 atom stereocenters. The number of hydrogen-bond donors (Lipinski definition) is 1. The number of hydrogen-bond acceptors (Lipinski definition) is 2. The molecule has 2 nitrogen and oxygen atoms in total. The minimum atomic E-state index is 0.257. The molecule has 1 aromatic carbocycles. The second-order valence-corrected chi connectivity index (χ2v) is 4.32. The fourth-order valence-corrected chi connectivity index (χ4v) is 2.12. The van der Waals surface area contributed by atoms with E-state index in [1.165, 1.54) is 23.2 Å². The Hall–Kier alpha value is -1.02. The summed E-state index contributed by atoms with van der Waals surface area (Å²) in [6, 6.07) is 6.99. The van der Waals surface area contributed by atoms with Crippen molar-refractivity contribution in [1.29, 1.82) is 0 Å². The molecule has 0 saturated carbocycles. The predicted molar refractivity (Wildman–Crippen MR) is 60.8 cm³/mol. The van der Waals surface area contributed by atoms with Crippen LogP contribution in [0.1, 0.15) is 18.1 Å². The van der Waals surface area contributed by atoms with Gasteiger partial charge in [0, 0.05) is 25.3 Å². The highest BCUT2D eigenvalue weighted by Gasteiger charge is 2.15. The SMILES string of the molecule is C[C@H](N)Cc1ccc2c(c1)CCN2C. The highest BCUT2D eigenvalue weighted by Crippen LogP contribution is 2.27. The summed E-state index contributed by atoms with van der Waals surface area (Å²) in [5.41, 5.74) is 10.0. The molecule has 0 aromatic heterocycles. The van der Waals surface area contributed by atoms with Gasteiger partial charge in [0.15, 0.2) is 0 Å². The molecule has 0 unspecified atom stereocenters. The van der Waals surface area contributed by atoms with Crippen molar-refractivity contribution in [2.75, 3.05) is 18.5 Å². The van der Waals surface area contributed by atoms with Crippen molar-refractivity contribution in [3.63, 3.8) is 0 Å². The first-order valence-corrected chi connectivity index (χ1v) is 5.25. The smallest absolute Gasteiger partial charge is 0.0397 e. The van der Waals surface area contributed by atoms with Gasteiger partial charge in [0.05, 0.1) is 0 Å². The van der Waals surface area contributed by atoms with E-state index in [9.17, 15) is 0 Å². The van der Waals surface area contributed by atoms with Gasteiger partial charge in [-0.1, -0.05) is 12.1 Å². The molecule has 0 radical (unpaired) electrons. The Morgan fingerprint density at radius 2 is 2.29 bits per heavy atom. The van der Waals surface area contributed by atoms with E-state index < -0.39 is 0 Å². The van der Waals surface area contributed by atoms with Crippen LogP contribution in [0.25, 0.3) is 0 Å². The largest absolute Gasteiger partial charge is 0.374 e. The van der Waals surface area contributed by atoms with Crippen molar-refractivity contribution >= 4 is 5.69 Å². The first-order valence-electron chi connectivity index (χ1n) is 5.25. The predicted octanol–water partition coefficient (Wildman–Crippen LogP) is 1.57. The van der Waals surface area contributed by atoms with Gasteiger partial charge < -0.3 is 10.6 Å². The topological polar surface area (TPSA) is 29.3 Å². The van der Waals surface area contributed by atoms with Crippen molar-refractivity contribution in [3.05, 3.63) is 29.3 Å². The Morgan fingerprint density at radius 1 is 1.50 bits per heavy atom. The van der Waals surface area contributed by atoms with Gasteiger partial charge >= 0.3 is 0 Å². The van der Waals surface area contributed by atoms with Gasteiger partial charge in [0.25, 0.3) is 0 Å². The third-order valence-corrected chi connectivity index (χ3v) is 2.83. The Labute approximate surface area is 85.7 Å². The molecule has 2 rings (SSSR count). The summed E-state index contributed by atoms with van der Waals surface area (Å²) in [4.78, 5) is 2.31. The first-order chi connectivity index (χ1) is 6.66. The van der Waals surface area contributed by atoms with Crippen molar-refractivity contribution in [2.24, 2.45) is 5.73 Å². The molecule has 14 heavy (non-hydrogen) atoms. The van der Waals surface area contributed by atoms with E-state index in [1.807, 2.05) is 0 Å². The molecule has 0 bridgehead atoms. The van der Waals surface area contributed by atoms with E-state index in [0.29, 0.717) is 0 Å². The Kier molecular flexibility index (Phi) is 2.46. The normalized spacial score (nSPS) is 16.9. The fourth-order valence-electron chi connectivity index (χ4n) is 2.12. The lowest BCUT2D eigenvalue weighted by Crippen LogP contribution is -2.17. The fraction of sp³-hybridized carbons (Fsp3) is 0.500. The average molecular weight is 190 g/mol. The molecular formula is C12H18N2. The zero-order valence-electron chi connectivity index (χ0n) is 8.96. The summed E-state index contributed by atoms with van der Waals surface area (Å²) in [6.45, 7) is 3.20. The zero-order chi connectivity index (χ0) is 10.1. The number of fused-ring (bicyclic) bond motifs is 1. The molecule has 1 aromatic rings. The maximum Gasteiger partial charge on any atom is 0.0397 e. The molecule has 0 fully saturated rings. The third-order valence-electron chi connectivity index (χ3n) is 2.83. The van der Waals surface area contributed by atoms with E-state index in [-0.39, 0.29) is 6.04 Å². The number of nitrogens with two attached hydrogens (primary N) is 1. The van der Waals surface area contributed by atoms with Gasteiger partial charge in [-0.15, -0.1) is 0 Å². The van der Waals surface area contributed by atoms with Gasteiger partial charge in [-0.05, 0) is 37.0 Å². The average Bonchev–Trinajstić information content (AvgIpc) is 2.46. The van der Waals surface area contributed by atoms with Crippen molar-refractivity contribution in [2.45, 2.75) is 25.8 Å². The van der Waals surface area contributed by atoms with Crippen LogP contribution in [0.5, 0.6) is 0 Å². The maximum absolute atomic E-state index is 5.79. The van der Waals surface area contributed by atoms with Crippen LogP contribution in [0.15, 0.2) is 18.2 Å². The number of anilines is 1. The molecule has 1 aliphatic heterocycles. The van der Waals surface area contributed by atoms with Gasteiger partial charge in [0.1, 0.15) is 0 Å². The molecule has 2 N–H and O–H groups in total. The van der Waals surface area contributed by atoms with Crippen LogP contribution in [-0.4, -0.2) is 19.6 Å². The van der Waals surface area contributed by atoms with E-state index in [4.69, 9.17) is 5.73 Å². The molecule has 1 aliphatic rings. The zero-order valence-corrected chi connectivity index (χ0v) is 8.96. The quantitative estimate of drug-likeness (QED) is 0.767. The maximum atomic E-state index is 5.79. The summed E-state index contributed by atoms with van der Waals surface area (Å²) in [5, 5.41) is 0. The Balaban J connectivity index is 2.24. The third kappa shape index (κ3) is 1.75. The highest BCUT2D eigenvalue weighted by molar-refractivity contribution is 5.58. The molecule has 1 heterocycles. The van der Waals surface area contributed by atoms with Crippen molar-refractivity contribution < 1.29 is 0 Å². The van der Waals surface area contributed by atoms with E-state index in [2.05, 4.69) is 37.1 Å². The van der Waals surface area contributed by atoms with Crippen LogP contribution in [0.2, 0.25) is 0 Å². The minimum absolute atomic E-state index is 0.257. The summed E-state index contributed by atoms with van der Waals surface area (Å²) < 4.78 is 0. The standard InChI is InChI=1S/C12H18N2/c1-9(13)7-10-3-4-12-11(8-10)5-6-14(12)2/h3-4,8-9H,5-7,13H2,1-2H3/t9-/m0/s1. The van der Waals surface area contributed by atoms with E-state index >= 15 is 0 Å². The highest BCUT2D eigenvalue weighted by atomic mass is 15.1. The first kappa shape index (κ1) is 9.53. The minimum Gasteiger partial charge on any atom is -0.374 e. The van der Waals surface area contributed by atoms with Crippen LogP contribution < -0.4 is 10.6 Å². The van der Waals surface area contributed by atoms with Crippen LogP contribution in [-0.2, 0) is 12.8 Å². The summed E-state index contributed by atoms with van der Waals surface area (Å²) in [6.07, 6.45) is 2.16. The summed E-state index contributed by atoms with van der Waals surface area (Å²) in [7, 11) is 2.15. The van der Waals surface area contributed by atoms with Crippen molar-refractivity contribution in [3.8, 4) is 0 Å². The van der Waals surface area contributed by atoms with Crippen LogP contribution in [0, 0.1) is 0 Å². The number of nitrogens with zero attached hydrogens (tertiary/aromatic N) is 1. The molecule has 76 valence electrons. The molecule has 0 saturated heterocycles. The lowest BCUT2D eigenvalue weighted by Gasteiger charge is -2.12. The van der Waals surface area contributed by atoms with Gasteiger partial charge in [-0.25, -0.2) is 0 Å². The molecular weight excluding hydrogens is 172 g/mol. The second kappa shape index (κ2) is 3.62.